The van der Waals surface area contributed by atoms with E-state index in [0.717, 1.165) is 75.4 Å². The summed E-state index contributed by atoms with van der Waals surface area (Å²) in [7, 11) is -3.60. The number of sulfonamides is 1. The highest BCUT2D eigenvalue weighted by Crippen LogP contribution is 2.35. The van der Waals surface area contributed by atoms with Crippen molar-refractivity contribution in [3.05, 3.63) is 46.6 Å². The lowest BCUT2D eigenvalue weighted by atomic mass is 9.98. The van der Waals surface area contributed by atoms with Crippen LogP contribution in [0.3, 0.4) is 0 Å². The average Bonchev–Trinajstić information content (AvgIpc) is 3.59. The molecule has 14 heteroatoms. The van der Waals surface area contributed by atoms with Crippen LogP contribution in [0.15, 0.2) is 30.3 Å². The van der Waals surface area contributed by atoms with Gasteiger partial charge in [-0.15, -0.1) is 0 Å². The maximum atomic E-state index is 14.0. The number of fused-ring (bicyclic) bond motifs is 1. The molecular formula is C27H35ClN8O4S. The van der Waals surface area contributed by atoms with Crippen LogP contribution in [0, 0.1) is 0 Å². The van der Waals surface area contributed by atoms with Gasteiger partial charge in [0.2, 0.25) is 10.0 Å². The fourth-order valence-electron chi connectivity index (χ4n) is 5.92. The topological polar surface area (TPSA) is 138 Å². The molecule has 3 aliphatic rings. The van der Waals surface area contributed by atoms with Gasteiger partial charge in [0, 0.05) is 55.9 Å². The van der Waals surface area contributed by atoms with E-state index in [4.69, 9.17) is 32.2 Å². The van der Waals surface area contributed by atoms with E-state index >= 15 is 0 Å². The van der Waals surface area contributed by atoms with E-state index in [1.54, 1.807) is 11.0 Å². The highest BCUT2D eigenvalue weighted by molar-refractivity contribution is 7.92. The monoisotopic (exact) mass is 602 g/mol. The van der Waals surface area contributed by atoms with Gasteiger partial charge in [-0.2, -0.15) is 9.61 Å². The van der Waals surface area contributed by atoms with Gasteiger partial charge in [-0.05, 0) is 43.9 Å². The van der Waals surface area contributed by atoms with E-state index in [1.165, 1.54) is 12.1 Å². The second-order valence-corrected chi connectivity index (χ2v) is 13.2. The van der Waals surface area contributed by atoms with Crippen LogP contribution in [-0.4, -0.2) is 92.1 Å². The van der Waals surface area contributed by atoms with Crippen LogP contribution in [0.4, 0.5) is 17.3 Å². The summed E-state index contributed by atoms with van der Waals surface area (Å²) >= 11 is 6.25. The zero-order valence-electron chi connectivity index (χ0n) is 23.0. The van der Waals surface area contributed by atoms with E-state index in [9.17, 15) is 13.2 Å². The zero-order valence-corrected chi connectivity index (χ0v) is 24.6. The molecule has 220 valence electrons. The first kappa shape index (κ1) is 28.0. The first-order chi connectivity index (χ1) is 19.7. The van der Waals surface area contributed by atoms with Crippen molar-refractivity contribution < 1.29 is 17.9 Å². The summed E-state index contributed by atoms with van der Waals surface area (Å²) < 4.78 is 34.0. The Balaban J connectivity index is 1.39. The summed E-state index contributed by atoms with van der Waals surface area (Å²) in [4.78, 5) is 25.2. The fraction of sp³-hybridized carbons (Fsp3) is 0.519. The minimum Gasteiger partial charge on any atom is -0.378 e. The van der Waals surface area contributed by atoms with Gasteiger partial charge in [0.25, 0.3) is 5.91 Å². The van der Waals surface area contributed by atoms with Crippen molar-refractivity contribution in [2.24, 2.45) is 5.73 Å². The van der Waals surface area contributed by atoms with Gasteiger partial charge < -0.3 is 25.2 Å². The standard InChI is InChI=1S/C27H35ClN8O4S/c1-41(38,39)32-21-6-5-18(28)14-20(21)27(37)35-8-3-2-4-23(35)22-15-25-30-24(34-9-7-19(29)17-34)16-26(36(25)31-22)33-10-12-40-13-11-33/h5-6,14-16,19,23,32H,2-4,7-13,17,29H2,1H3/t19-,23+/m1/s1. The minimum absolute atomic E-state index is 0.121. The molecule has 0 aliphatic carbocycles. The Hall–Kier alpha value is -3.13. The van der Waals surface area contributed by atoms with Crippen molar-refractivity contribution in [2.75, 3.05) is 66.7 Å². The number of likely N-dealkylation sites (tertiary alicyclic amines) is 1. The number of rotatable bonds is 6. The van der Waals surface area contributed by atoms with Crippen LogP contribution in [0.1, 0.15) is 47.8 Å². The first-order valence-electron chi connectivity index (χ1n) is 14.0. The highest BCUT2D eigenvalue weighted by Gasteiger charge is 2.33. The number of nitrogens with zero attached hydrogens (tertiary/aromatic N) is 6. The Bertz CT molecular complexity index is 1560. The molecule has 3 aliphatic heterocycles. The number of carbonyl (C=O) groups excluding carboxylic acids is 1. The molecule has 5 heterocycles. The predicted octanol–water partition coefficient (Wildman–Crippen LogP) is 2.50. The quantitative estimate of drug-likeness (QED) is 0.436. The molecule has 0 bridgehead atoms. The number of hydrogen-bond donors (Lipinski definition) is 2. The molecule has 3 fully saturated rings. The number of piperidine rings is 1. The van der Waals surface area contributed by atoms with Crippen molar-refractivity contribution in [1.82, 2.24) is 19.5 Å². The molecule has 0 spiro atoms. The minimum atomic E-state index is -3.60. The molecular weight excluding hydrogens is 568 g/mol. The largest absolute Gasteiger partial charge is 0.378 e. The van der Waals surface area contributed by atoms with E-state index in [2.05, 4.69) is 20.6 Å². The maximum absolute atomic E-state index is 14.0. The first-order valence-corrected chi connectivity index (χ1v) is 16.3. The third-order valence-electron chi connectivity index (χ3n) is 7.91. The molecule has 1 aromatic carbocycles. The molecule has 2 aromatic heterocycles. The lowest BCUT2D eigenvalue weighted by Crippen LogP contribution is -2.39. The lowest BCUT2D eigenvalue weighted by molar-refractivity contribution is 0.0607. The molecule has 41 heavy (non-hydrogen) atoms. The summed E-state index contributed by atoms with van der Waals surface area (Å²) in [6.45, 7) is 4.87. The van der Waals surface area contributed by atoms with Crippen LogP contribution < -0.4 is 20.3 Å². The van der Waals surface area contributed by atoms with Crippen molar-refractivity contribution in [2.45, 2.75) is 37.8 Å². The van der Waals surface area contributed by atoms with Gasteiger partial charge in [-0.3, -0.25) is 9.52 Å². The fourth-order valence-corrected chi connectivity index (χ4v) is 6.67. The summed E-state index contributed by atoms with van der Waals surface area (Å²) in [5.41, 5.74) is 8.07. The van der Waals surface area contributed by atoms with Gasteiger partial charge >= 0.3 is 0 Å². The molecule has 2 atom stereocenters. The van der Waals surface area contributed by atoms with Gasteiger partial charge in [-0.1, -0.05) is 11.6 Å². The Labute approximate surface area is 244 Å². The number of morpholine rings is 1. The third-order valence-corrected chi connectivity index (χ3v) is 8.74. The van der Waals surface area contributed by atoms with Crippen LogP contribution in [0.25, 0.3) is 5.65 Å². The second-order valence-electron chi connectivity index (χ2n) is 11.0. The number of anilines is 3. The number of carbonyl (C=O) groups is 1. The van der Waals surface area contributed by atoms with Crippen LogP contribution in [0.5, 0.6) is 0 Å². The Kier molecular flexibility index (Phi) is 7.70. The summed E-state index contributed by atoms with van der Waals surface area (Å²) in [5, 5.41) is 5.37. The molecule has 6 rings (SSSR count). The number of nitrogens with two attached hydrogens (primary N) is 1. The smallest absolute Gasteiger partial charge is 0.256 e. The second kappa shape index (κ2) is 11.3. The lowest BCUT2D eigenvalue weighted by Gasteiger charge is -2.35. The SMILES string of the molecule is CS(=O)(=O)Nc1ccc(Cl)cc1C(=O)N1CCCC[C@H]1c1cc2nc(N3CC[C@@H](N)C3)cc(N3CCOCC3)n2n1. The van der Waals surface area contributed by atoms with Crippen LogP contribution in [-0.2, 0) is 14.8 Å². The summed E-state index contributed by atoms with van der Waals surface area (Å²) in [5.74, 6) is 1.50. The number of benzene rings is 1. The maximum Gasteiger partial charge on any atom is 0.256 e. The van der Waals surface area contributed by atoms with E-state index in [1.807, 2.05) is 10.6 Å². The van der Waals surface area contributed by atoms with Crippen molar-refractivity contribution in [3.63, 3.8) is 0 Å². The molecule has 12 nitrogen and oxygen atoms in total. The van der Waals surface area contributed by atoms with Crippen LogP contribution >= 0.6 is 11.6 Å². The molecule has 3 aromatic rings. The average molecular weight is 603 g/mol. The normalized spacial score (nSPS) is 22.0. The molecule has 1 amide bonds. The third kappa shape index (κ3) is 5.94. The van der Waals surface area contributed by atoms with Crippen molar-refractivity contribution >= 4 is 50.5 Å². The Morgan fingerprint density at radius 1 is 1.07 bits per heavy atom. The van der Waals surface area contributed by atoms with E-state index in [-0.39, 0.29) is 29.2 Å². The van der Waals surface area contributed by atoms with Gasteiger partial charge in [0.15, 0.2) is 5.65 Å². The van der Waals surface area contributed by atoms with Crippen molar-refractivity contribution in [1.29, 1.82) is 0 Å². The Morgan fingerprint density at radius 2 is 1.88 bits per heavy atom. The molecule has 0 saturated carbocycles. The molecule has 0 unspecified atom stereocenters. The molecule has 3 saturated heterocycles. The van der Waals surface area contributed by atoms with Crippen LogP contribution in [0.2, 0.25) is 5.02 Å². The van der Waals surface area contributed by atoms with Gasteiger partial charge in [-0.25, -0.2) is 13.4 Å². The summed E-state index contributed by atoms with van der Waals surface area (Å²) in [6, 6.07) is 8.45. The number of halogens is 1. The van der Waals surface area contributed by atoms with Gasteiger partial charge in [0.05, 0.1) is 42.5 Å². The number of amides is 1. The number of nitrogens with one attached hydrogen (secondary N) is 1. The molecule has 0 radical (unpaired) electrons. The Morgan fingerprint density at radius 3 is 2.61 bits per heavy atom. The van der Waals surface area contributed by atoms with Crippen molar-refractivity contribution in [3.8, 4) is 0 Å². The predicted molar refractivity (Wildman–Crippen MR) is 158 cm³/mol. The summed E-state index contributed by atoms with van der Waals surface area (Å²) in [6.07, 6.45) is 4.48. The number of ether oxygens (including phenoxy) is 1. The highest BCUT2D eigenvalue weighted by atomic mass is 35.5. The zero-order chi connectivity index (χ0) is 28.7. The number of hydrogen-bond acceptors (Lipinski definition) is 9. The molecule has 3 N–H and O–H groups in total. The number of aromatic nitrogens is 3. The van der Waals surface area contributed by atoms with E-state index in [0.29, 0.717) is 30.4 Å². The van der Waals surface area contributed by atoms with E-state index < -0.39 is 10.0 Å². The van der Waals surface area contributed by atoms with Gasteiger partial charge in [0.1, 0.15) is 11.6 Å².